The highest BCUT2D eigenvalue weighted by molar-refractivity contribution is 9.09. The third-order valence-corrected chi connectivity index (χ3v) is 3.81. The first kappa shape index (κ1) is 15.4. The number of ether oxygens (including phenoxy) is 2. The van der Waals surface area contributed by atoms with Crippen LogP contribution in [0.4, 0.5) is 0 Å². The summed E-state index contributed by atoms with van der Waals surface area (Å²) in [4.78, 5) is 2.99. The van der Waals surface area contributed by atoms with E-state index >= 15 is 0 Å². The molecule has 0 atom stereocenters. The van der Waals surface area contributed by atoms with Gasteiger partial charge in [0.1, 0.15) is 4.64 Å². The number of methoxy groups -OCH3 is 1. The number of fused-ring (bicyclic) bond motifs is 1. The molecule has 106 valence electrons. The lowest BCUT2D eigenvalue weighted by atomic mass is 10.0. The number of hydrogen-bond acceptors (Lipinski definition) is 4. The van der Waals surface area contributed by atoms with Gasteiger partial charge in [-0.1, -0.05) is 45.8 Å². The quantitative estimate of drug-likeness (QED) is 0.354. The van der Waals surface area contributed by atoms with Crippen molar-refractivity contribution in [1.82, 2.24) is 4.98 Å². The van der Waals surface area contributed by atoms with Crippen LogP contribution in [-0.4, -0.2) is 29.9 Å². The second kappa shape index (κ2) is 6.67. The molecule has 0 aliphatic carbocycles. The first-order valence-electron chi connectivity index (χ1n) is 5.69. The van der Waals surface area contributed by atoms with Gasteiger partial charge in [0.15, 0.2) is 6.79 Å². The molecule has 1 heterocycles. The molecule has 0 unspecified atom stereocenters. The maximum absolute atomic E-state index is 8.03. The molecule has 0 saturated heterocycles. The van der Waals surface area contributed by atoms with E-state index in [0.717, 1.165) is 10.8 Å². The highest BCUT2D eigenvalue weighted by Crippen LogP contribution is 2.30. The molecule has 2 N–H and O–H groups in total. The summed E-state index contributed by atoms with van der Waals surface area (Å²) in [5.41, 5.74) is 1.07. The van der Waals surface area contributed by atoms with Crippen molar-refractivity contribution in [2.75, 3.05) is 19.2 Å². The predicted molar refractivity (Wildman–Crippen MR) is 87.3 cm³/mol. The Balaban J connectivity index is 2.75. The van der Waals surface area contributed by atoms with E-state index in [9.17, 15) is 0 Å². The lowest BCUT2D eigenvalue weighted by molar-refractivity contribution is 0.0490. The summed E-state index contributed by atoms with van der Waals surface area (Å²) in [6, 6.07) is 5.38. The van der Waals surface area contributed by atoms with E-state index in [2.05, 4.69) is 20.9 Å². The molecule has 0 aliphatic rings. The van der Waals surface area contributed by atoms with Crippen molar-refractivity contribution in [1.29, 1.82) is 5.41 Å². The minimum absolute atomic E-state index is 0.0993. The average Bonchev–Trinajstić information content (AvgIpc) is 2.44. The van der Waals surface area contributed by atoms with Crippen molar-refractivity contribution in [3.05, 3.63) is 33.4 Å². The Morgan fingerprint density at radius 1 is 1.45 bits per heavy atom. The maximum atomic E-state index is 8.03. The number of hydrogen-bond donors (Lipinski definition) is 2. The fourth-order valence-electron chi connectivity index (χ4n) is 1.88. The van der Waals surface area contributed by atoms with E-state index in [1.807, 2.05) is 6.07 Å². The average molecular weight is 376 g/mol. The Bertz CT molecular complexity index is 717. The molecule has 4 nitrogen and oxygen atoms in total. The predicted octanol–water partition coefficient (Wildman–Crippen LogP) is 4.30. The van der Waals surface area contributed by atoms with Gasteiger partial charge in [0.2, 0.25) is 5.88 Å². The van der Waals surface area contributed by atoms with Gasteiger partial charge in [-0.15, -0.1) is 0 Å². The van der Waals surface area contributed by atoms with Crippen molar-refractivity contribution >= 4 is 56.2 Å². The monoisotopic (exact) mass is 374 g/mol. The Hall–Kier alpha value is -0.950. The molecule has 0 amide bonds. The van der Waals surface area contributed by atoms with Crippen LogP contribution in [0.3, 0.4) is 0 Å². The second-order valence-corrected chi connectivity index (χ2v) is 5.42. The fourth-order valence-corrected chi connectivity index (χ4v) is 2.65. The van der Waals surface area contributed by atoms with Gasteiger partial charge in [0.05, 0.1) is 5.71 Å². The fraction of sp³-hybridized carbons (Fsp3) is 0.231. The molecule has 2 aromatic rings. The van der Waals surface area contributed by atoms with Crippen LogP contribution in [0.5, 0.6) is 5.88 Å². The molecule has 0 bridgehead atoms. The first-order valence-corrected chi connectivity index (χ1v) is 7.60. The van der Waals surface area contributed by atoms with Crippen LogP contribution < -0.4 is 4.74 Å². The standard InChI is InChI=1S/C13H12BrClN2O2S/c1-18-6-19-12-9-4-7(15)2-3-8(9)11(10(16)5-14)13(20)17-12/h2-4,16H,5-6H2,1H3,(H,17,20). The van der Waals surface area contributed by atoms with Crippen LogP contribution >= 0.6 is 39.7 Å². The van der Waals surface area contributed by atoms with Crippen molar-refractivity contribution in [2.24, 2.45) is 0 Å². The number of benzene rings is 1. The SMILES string of the molecule is COCOc1[nH]c(=S)c(C(=N)CBr)c2ccc(Cl)cc12. The van der Waals surface area contributed by atoms with Gasteiger partial charge in [0.25, 0.3) is 0 Å². The Kier molecular flexibility index (Phi) is 5.15. The zero-order valence-corrected chi connectivity index (χ0v) is 13.8. The summed E-state index contributed by atoms with van der Waals surface area (Å²) in [7, 11) is 1.54. The number of alkyl halides is 1. The molecule has 0 fully saturated rings. The van der Waals surface area contributed by atoms with E-state index in [1.54, 1.807) is 19.2 Å². The molecule has 1 aromatic carbocycles. The topological polar surface area (TPSA) is 58.1 Å². The van der Waals surface area contributed by atoms with Crippen molar-refractivity contribution in [3.8, 4) is 5.88 Å². The number of aromatic amines is 1. The molecule has 2 rings (SSSR count). The van der Waals surface area contributed by atoms with Gasteiger partial charge in [-0.05, 0) is 17.5 Å². The number of rotatable bonds is 5. The van der Waals surface area contributed by atoms with Gasteiger partial charge >= 0.3 is 0 Å². The third kappa shape index (κ3) is 3.03. The maximum Gasteiger partial charge on any atom is 0.202 e. The molecule has 0 radical (unpaired) electrons. The highest BCUT2D eigenvalue weighted by Gasteiger charge is 2.13. The smallest absolute Gasteiger partial charge is 0.202 e. The zero-order valence-electron chi connectivity index (χ0n) is 10.6. The number of aromatic nitrogens is 1. The van der Waals surface area contributed by atoms with Gasteiger partial charge in [0, 0.05) is 28.4 Å². The summed E-state index contributed by atoms with van der Waals surface area (Å²) in [6.45, 7) is 0.0993. The van der Waals surface area contributed by atoms with Crippen LogP contribution in [0.25, 0.3) is 10.8 Å². The Morgan fingerprint density at radius 3 is 2.85 bits per heavy atom. The zero-order chi connectivity index (χ0) is 14.7. The highest BCUT2D eigenvalue weighted by atomic mass is 79.9. The number of H-pyrrole nitrogens is 1. The molecule has 7 heteroatoms. The number of halogens is 2. The van der Waals surface area contributed by atoms with Crippen LogP contribution in [0.15, 0.2) is 18.2 Å². The molecule has 0 spiro atoms. The summed E-state index contributed by atoms with van der Waals surface area (Å²) >= 11 is 14.6. The van der Waals surface area contributed by atoms with E-state index in [0.29, 0.717) is 32.1 Å². The summed E-state index contributed by atoms with van der Waals surface area (Å²) in [5.74, 6) is 0.487. The van der Waals surface area contributed by atoms with Crippen LogP contribution in [0.2, 0.25) is 5.02 Å². The van der Waals surface area contributed by atoms with Gasteiger partial charge in [-0.25, -0.2) is 0 Å². The van der Waals surface area contributed by atoms with Gasteiger partial charge < -0.3 is 19.9 Å². The molecule has 20 heavy (non-hydrogen) atoms. The van der Waals surface area contributed by atoms with E-state index in [1.165, 1.54) is 0 Å². The normalized spacial score (nSPS) is 10.8. The van der Waals surface area contributed by atoms with E-state index in [4.69, 9.17) is 38.7 Å². The number of pyridine rings is 1. The Morgan fingerprint density at radius 2 is 2.20 bits per heavy atom. The molecular formula is C13H12BrClN2O2S. The largest absolute Gasteiger partial charge is 0.452 e. The van der Waals surface area contributed by atoms with Crippen molar-refractivity contribution < 1.29 is 9.47 Å². The molecular weight excluding hydrogens is 364 g/mol. The van der Waals surface area contributed by atoms with Crippen LogP contribution in [0, 0.1) is 10.0 Å². The lowest BCUT2D eigenvalue weighted by Gasteiger charge is -2.13. The molecule has 1 aromatic heterocycles. The Labute approximate surface area is 134 Å². The second-order valence-electron chi connectivity index (χ2n) is 4.01. The van der Waals surface area contributed by atoms with Crippen LogP contribution in [0.1, 0.15) is 5.56 Å². The van der Waals surface area contributed by atoms with Gasteiger partial charge in [-0.3, -0.25) is 0 Å². The summed E-state index contributed by atoms with van der Waals surface area (Å²) in [5, 5.41) is 10.6. The lowest BCUT2D eigenvalue weighted by Crippen LogP contribution is -2.07. The van der Waals surface area contributed by atoms with E-state index in [-0.39, 0.29) is 6.79 Å². The molecule has 0 aliphatic heterocycles. The third-order valence-electron chi connectivity index (χ3n) is 2.71. The first-order chi connectivity index (χ1) is 9.58. The summed E-state index contributed by atoms with van der Waals surface area (Å²) < 4.78 is 10.8. The number of nitrogens with one attached hydrogen (secondary N) is 2. The van der Waals surface area contributed by atoms with Crippen LogP contribution in [-0.2, 0) is 4.74 Å². The van der Waals surface area contributed by atoms with Gasteiger partial charge in [-0.2, -0.15) is 0 Å². The summed E-state index contributed by atoms with van der Waals surface area (Å²) in [6.07, 6.45) is 0. The minimum Gasteiger partial charge on any atom is -0.452 e. The van der Waals surface area contributed by atoms with Crippen molar-refractivity contribution in [2.45, 2.75) is 0 Å². The molecule has 0 saturated carbocycles. The van der Waals surface area contributed by atoms with E-state index < -0.39 is 0 Å². The minimum atomic E-state index is 0.0993. The van der Waals surface area contributed by atoms with Crippen molar-refractivity contribution in [3.63, 3.8) is 0 Å².